The Kier molecular flexibility index (Phi) is 6.98. The van der Waals surface area contributed by atoms with Crippen molar-refractivity contribution in [3.63, 3.8) is 0 Å². The molecule has 1 saturated carbocycles. The molecule has 2 amide bonds. The molecule has 2 heterocycles. The van der Waals surface area contributed by atoms with Gasteiger partial charge in [0.15, 0.2) is 12.1 Å². The minimum atomic E-state index is -1.17. The van der Waals surface area contributed by atoms with Crippen LogP contribution in [-0.2, 0) is 19.0 Å². The van der Waals surface area contributed by atoms with Gasteiger partial charge in [-0.3, -0.25) is 9.80 Å². The van der Waals surface area contributed by atoms with Crippen LogP contribution in [0.3, 0.4) is 0 Å². The van der Waals surface area contributed by atoms with Gasteiger partial charge in [0, 0.05) is 6.54 Å². The fraction of sp³-hybridized carbons (Fsp3) is 0.870. The summed E-state index contributed by atoms with van der Waals surface area (Å²) in [4.78, 5) is 40.6. The molecule has 2 aliphatic heterocycles. The van der Waals surface area contributed by atoms with E-state index in [2.05, 4.69) is 0 Å². The lowest BCUT2D eigenvalue weighted by molar-refractivity contribution is -0.147. The van der Waals surface area contributed by atoms with Crippen LogP contribution in [0.5, 0.6) is 0 Å². The highest BCUT2D eigenvalue weighted by Gasteiger charge is 2.60. The van der Waals surface area contributed by atoms with Crippen LogP contribution in [-0.4, -0.2) is 75.2 Å². The van der Waals surface area contributed by atoms with Crippen molar-refractivity contribution in [2.45, 2.75) is 116 Å². The number of nitrogens with zero attached hydrogens (tertiary/aromatic N) is 2. The number of carbonyl (C=O) groups is 3. The number of carboxylic acids is 1. The van der Waals surface area contributed by atoms with E-state index >= 15 is 0 Å². The van der Waals surface area contributed by atoms with E-state index in [1.165, 1.54) is 11.3 Å². The van der Waals surface area contributed by atoms with Gasteiger partial charge in [-0.1, -0.05) is 32.1 Å². The minimum Gasteiger partial charge on any atom is -0.480 e. The van der Waals surface area contributed by atoms with E-state index in [1.54, 1.807) is 46.4 Å². The van der Waals surface area contributed by atoms with Gasteiger partial charge < -0.3 is 19.3 Å². The van der Waals surface area contributed by atoms with Gasteiger partial charge in [0.25, 0.3) is 0 Å². The number of hydrogen-bond donors (Lipinski definition) is 1. The van der Waals surface area contributed by atoms with E-state index in [0.717, 1.165) is 25.7 Å². The first-order chi connectivity index (χ1) is 14.9. The molecule has 2 saturated heterocycles. The lowest BCUT2D eigenvalue weighted by atomic mass is 9.82. The number of likely N-dealkylation sites (N-methyl/N-ethyl adjacent to an activating group) is 1. The summed E-state index contributed by atoms with van der Waals surface area (Å²) in [5.74, 6) is -0.752. The lowest BCUT2D eigenvalue weighted by Crippen LogP contribution is -2.53. The van der Waals surface area contributed by atoms with Crippen molar-refractivity contribution in [1.82, 2.24) is 9.80 Å². The molecule has 9 nitrogen and oxygen atoms in total. The van der Waals surface area contributed by atoms with Gasteiger partial charge in [-0.05, 0) is 53.9 Å². The van der Waals surface area contributed by atoms with Gasteiger partial charge in [-0.25, -0.2) is 14.4 Å². The molecule has 9 heteroatoms. The summed E-state index contributed by atoms with van der Waals surface area (Å²) in [6.45, 7) is 10.9. The van der Waals surface area contributed by atoms with E-state index in [1.807, 2.05) is 0 Å². The van der Waals surface area contributed by atoms with E-state index < -0.39 is 53.8 Å². The van der Waals surface area contributed by atoms with Crippen molar-refractivity contribution in [3.8, 4) is 0 Å². The zero-order valence-corrected chi connectivity index (χ0v) is 20.1. The van der Waals surface area contributed by atoms with E-state index in [-0.39, 0.29) is 6.54 Å². The van der Waals surface area contributed by atoms with Gasteiger partial charge in [-0.15, -0.1) is 0 Å². The quantitative estimate of drug-likeness (QED) is 0.669. The second kappa shape index (κ2) is 9.08. The minimum absolute atomic E-state index is 0.214. The third kappa shape index (κ3) is 4.97. The highest BCUT2D eigenvalue weighted by atomic mass is 16.6. The standard InChI is InChI=1S/C23H38N2O7/c1-7-24-16(19(26)27)18(30-20(24)28)17-15(13-14-11-9-8-10-12-14)25(23(5,6)31-17)21(29)32-22(2,3)4/h14-18H,7-13H2,1-6H3,(H,26,27)/t15-,16+,17+,18-/m0/s1. The fourth-order valence-corrected chi connectivity index (χ4v) is 5.36. The summed E-state index contributed by atoms with van der Waals surface area (Å²) in [5, 5.41) is 9.89. The molecule has 3 rings (SSSR count). The molecule has 1 aliphatic carbocycles. The van der Waals surface area contributed by atoms with Crippen LogP contribution < -0.4 is 0 Å². The van der Waals surface area contributed by atoms with Crippen LogP contribution in [0.4, 0.5) is 9.59 Å². The Hall–Kier alpha value is -2.03. The SMILES string of the molecule is CCN1C(=O)O[C@H]([C@@H]2OC(C)(C)N(C(=O)OC(C)(C)C)[C@H]2CC2CCCCC2)[C@@H]1C(=O)O. The maximum Gasteiger partial charge on any atom is 0.412 e. The molecule has 0 aromatic carbocycles. The summed E-state index contributed by atoms with van der Waals surface area (Å²) in [5.41, 5.74) is -1.73. The fourth-order valence-electron chi connectivity index (χ4n) is 5.36. The first-order valence-corrected chi connectivity index (χ1v) is 11.8. The lowest BCUT2D eigenvalue weighted by Gasteiger charge is -2.37. The first-order valence-electron chi connectivity index (χ1n) is 11.8. The van der Waals surface area contributed by atoms with E-state index in [9.17, 15) is 19.5 Å². The average molecular weight is 455 g/mol. The van der Waals surface area contributed by atoms with Crippen molar-refractivity contribution in [3.05, 3.63) is 0 Å². The van der Waals surface area contributed by atoms with Crippen LogP contribution in [0.2, 0.25) is 0 Å². The Morgan fingerprint density at radius 3 is 2.31 bits per heavy atom. The van der Waals surface area contributed by atoms with Gasteiger partial charge in [0.05, 0.1) is 6.04 Å². The smallest absolute Gasteiger partial charge is 0.412 e. The maximum atomic E-state index is 13.3. The topological polar surface area (TPSA) is 106 Å². The number of amides is 2. The zero-order valence-electron chi connectivity index (χ0n) is 20.1. The van der Waals surface area contributed by atoms with Crippen molar-refractivity contribution < 1.29 is 33.7 Å². The summed E-state index contributed by atoms with van der Waals surface area (Å²) in [6, 6.07) is -1.62. The summed E-state index contributed by atoms with van der Waals surface area (Å²) < 4.78 is 17.6. The predicted octanol–water partition coefficient (Wildman–Crippen LogP) is 3.99. The van der Waals surface area contributed by atoms with Crippen molar-refractivity contribution >= 4 is 18.2 Å². The Morgan fingerprint density at radius 2 is 1.78 bits per heavy atom. The molecule has 3 fully saturated rings. The largest absolute Gasteiger partial charge is 0.480 e. The van der Waals surface area contributed by atoms with Crippen LogP contribution in [0.15, 0.2) is 0 Å². The van der Waals surface area contributed by atoms with Gasteiger partial charge in [0.2, 0.25) is 0 Å². The third-order valence-corrected chi connectivity index (χ3v) is 6.64. The van der Waals surface area contributed by atoms with Crippen LogP contribution in [0.25, 0.3) is 0 Å². The summed E-state index contributed by atoms with van der Waals surface area (Å²) in [6.07, 6.45) is 3.29. The molecule has 0 bridgehead atoms. The molecule has 32 heavy (non-hydrogen) atoms. The number of aliphatic carboxylic acids is 1. The number of rotatable bonds is 5. The van der Waals surface area contributed by atoms with E-state index in [0.29, 0.717) is 12.3 Å². The van der Waals surface area contributed by atoms with E-state index in [4.69, 9.17) is 14.2 Å². The Balaban J connectivity index is 1.96. The molecule has 4 atom stereocenters. The molecule has 3 aliphatic rings. The summed E-state index contributed by atoms with van der Waals surface area (Å²) in [7, 11) is 0. The second-order valence-corrected chi connectivity index (χ2v) is 10.6. The number of carbonyl (C=O) groups excluding carboxylic acids is 2. The molecule has 0 radical (unpaired) electrons. The first kappa shape index (κ1) is 24.6. The van der Waals surface area contributed by atoms with Gasteiger partial charge >= 0.3 is 18.2 Å². The molecule has 0 aromatic rings. The predicted molar refractivity (Wildman–Crippen MR) is 116 cm³/mol. The van der Waals surface area contributed by atoms with Crippen molar-refractivity contribution in [2.24, 2.45) is 5.92 Å². The zero-order chi connectivity index (χ0) is 23.8. The highest BCUT2D eigenvalue weighted by molar-refractivity contribution is 5.84. The summed E-state index contributed by atoms with van der Waals surface area (Å²) >= 11 is 0. The molecule has 1 N–H and O–H groups in total. The Morgan fingerprint density at radius 1 is 1.16 bits per heavy atom. The number of cyclic esters (lactones) is 1. The van der Waals surface area contributed by atoms with Crippen LogP contribution >= 0.6 is 0 Å². The van der Waals surface area contributed by atoms with Crippen molar-refractivity contribution in [2.75, 3.05) is 6.54 Å². The molecular formula is C23H38N2O7. The normalized spacial score (nSPS) is 31.0. The molecule has 0 spiro atoms. The molecule has 182 valence electrons. The maximum absolute atomic E-state index is 13.3. The second-order valence-electron chi connectivity index (χ2n) is 10.6. The van der Waals surface area contributed by atoms with Gasteiger partial charge in [-0.2, -0.15) is 0 Å². The van der Waals surface area contributed by atoms with Crippen LogP contribution in [0.1, 0.15) is 80.1 Å². The third-order valence-electron chi connectivity index (χ3n) is 6.64. The Bertz CT molecular complexity index is 726. The van der Waals surface area contributed by atoms with Crippen LogP contribution in [0, 0.1) is 5.92 Å². The van der Waals surface area contributed by atoms with Crippen molar-refractivity contribution in [1.29, 1.82) is 0 Å². The number of carboxylic acid groups (broad SMARTS) is 1. The Labute approximate surface area is 190 Å². The number of hydrogen-bond acceptors (Lipinski definition) is 6. The molecule has 0 unspecified atom stereocenters. The monoisotopic (exact) mass is 454 g/mol. The van der Waals surface area contributed by atoms with Gasteiger partial charge in [0.1, 0.15) is 17.4 Å². The highest BCUT2D eigenvalue weighted by Crippen LogP contribution is 2.42. The average Bonchev–Trinajstić information content (AvgIpc) is 3.14. The molecule has 0 aromatic heterocycles. The number of ether oxygens (including phenoxy) is 3. The molecular weight excluding hydrogens is 416 g/mol.